The van der Waals surface area contributed by atoms with Gasteiger partial charge in [0.2, 0.25) is 0 Å². The maximum Gasteiger partial charge on any atom is 0.0701 e. The van der Waals surface area contributed by atoms with Crippen molar-refractivity contribution < 1.29 is 0 Å². The number of H-pyrrole nitrogens is 1. The van der Waals surface area contributed by atoms with Crippen LogP contribution in [0.1, 0.15) is 5.69 Å². The van der Waals surface area contributed by atoms with Crippen LogP contribution in [0.4, 0.5) is 0 Å². The summed E-state index contributed by atoms with van der Waals surface area (Å²) in [7, 11) is 0. The molecule has 0 aliphatic heterocycles. The van der Waals surface area contributed by atoms with E-state index in [2.05, 4.69) is 33.4 Å². The van der Waals surface area contributed by atoms with Crippen LogP contribution in [-0.4, -0.2) is 15.2 Å². The van der Waals surface area contributed by atoms with Crippen LogP contribution in [-0.2, 0) is 0 Å². The number of pyridine rings is 1. The molecule has 0 aliphatic carbocycles. The van der Waals surface area contributed by atoms with Gasteiger partial charge < -0.3 is 0 Å². The van der Waals surface area contributed by atoms with E-state index in [-0.39, 0.29) is 0 Å². The summed E-state index contributed by atoms with van der Waals surface area (Å²) in [5, 5.41) is 9.42. The SMILES string of the molecule is Cc1n[nH]c2ccccc12.c1ccc2ncccc2c1. The van der Waals surface area contributed by atoms with Crippen molar-refractivity contribution >= 4 is 21.8 Å². The second kappa shape index (κ2) is 5.53. The zero-order valence-electron chi connectivity index (χ0n) is 11.2. The molecule has 4 rings (SSSR count). The third-order valence-corrected chi connectivity index (χ3v) is 3.17. The van der Waals surface area contributed by atoms with Gasteiger partial charge in [0.05, 0.1) is 16.7 Å². The van der Waals surface area contributed by atoms with Crippen molar-refractivity contribution in [1.29, 1.82) is 0 Å². The number of hydrogen-bond acceptors (Lipinski definition) is 2. The molecular formula is C17H15N3. The normalized spacial score (nSPS) is 10.2. The summed E-state index contributed by atoms with van der Waals surface area (Å²) in [5.74, 6) is 0. The van der Waals surface area contributed by atoms with Gasteiger partial charge in [0.25, 0.3) is 0 Å². The monoisotopic (exact) mass is 261 g/mol. The number of benzene rings is 2. The lowest BCUT2D eigenvalue weighted by atomic mass is 10.2. The lowest BCUT2D eigenvalue weighted by Gasteiger charge is -1.91. The van der Waals surface area contributed by atoms with Crippen molar-refractivity contribution in [2.45, 2.75) is 6.92 Å². The first-order valence-electron chi connectivity index (χ1n) is 6.54. The van der Waals surface area contributed by atoms with E-state index in [9.17, 15) is 0 Å². The molecule has 4 aromatic rings. The maximum absolute atomic E-state index is 4.18. The first kappa shape index (κ1) is 12.4. The van der Waals surface area contributed by atoms with Gasteiger partial charge in [-0.2, -0.15) is 5.10 Å². The van der Waals surface area contributed by atoms with E-state index in [0.29, 0.717) is 0 Å². The molecule has 0 amide bonds. The number of aromatic nitrogens is 3. The van der Waals surface area contributed by atoms with Crippen LogP contribution in [0, 0.1) is 6.92 Å². The van der Waals surface area contributed by atoms with Crippen LogP contribution >= 0.6 is 0 Å². The lowest BCUT2D eigenvalue weighted by molar-refractivity contribution is 1.07. The molecule has 3 nitrogen and oxygen atoms in total. The van der Waals surface area contributed by atoms with Gasteiger partial charge in [-0.1, -0.05) is 42.5 Å². The summed E-state index contributed by atoms with van der Waals surface area (Å²) in [6, 6.07) is 20.2. The van der Waals surface area contributed by atoms with E-state index >= 15 is 0 Å². The highest BCUT2D eigenvalue weighted by molar-refractivity contribution is 5.80. The summed E-state index contributed by atoms with van der Waals surface area (Å²) in [5.41, 5.74) is 3.24. The topological polar surface area (TPSA) is 41.6 Å². The lowest BCUT2D eigenvalue weighted by Crippen LogP contribution is -1.73. The number of rotatable bonds is 0. The van der Waals surface area contributed by atoms with Crippen LogP contribution in [0.2, 0.25) is 0 Å². The number of para-hydroxylation sites is 2. The van der Waals surface area contributed by atoms with E-state index < -0.39 is 0 Å². The van der Waals surface area contributed by atoms with Gasteiger partial charge in [0.1, 0.15) is 0 Å². The molecule has 2 heterocycles. The molecule has 3 heteroatoms. The molecule has 0 bridgehead atoms. The summed E-state index contributed by atoms with van der Waals surface area (Å²) in [6.45, 7) is 2.00. The van der Waals surface area contributed by atoms with Gasteiger partial charge in [-0.05, 0) is 25.1 Å². The first-order valence-corrected chi connectivity index (χ1v) is 6.54. The minimum atomic E-state index is 1.06. The standard InChI is InChI=1S/C9H7N.C8H8N2/c1-2-6-9-8(4-1)5-3-7-10-9;1-6-7-4-2-3-5-8(7)10-9-6/h1-7H;2-5H,1H3,(H,9,10). The Hall–Kier alpha value is -2.68. The molecule has 0 spiro atoms. The number of aryl methyl sites for hydroxylation is 1. The fourth-order valence-electron chi connectivity index (χ4n) is 2.12. The van der Waals surface area contributed by atoms with Crippen molar-refractivity contribution in [3.8, 4) is 0 Å². The second-order valence-electron chi connectivity index (χ2n) is 4.55. The zero-order chi connectivity index (χ0) is 13.8. The number of nitrogens with one attached hydrogen (secondary N) is 1. The summed E-state index contributed by atoms with van der Waals surface area (Å²) >= 11 is 0. The van der Waals surface area contributed by atoms with Crippen LogP contribution < -0.4 is 0 Å². The highest BCUT2D eigenvalue weighted by Gasteiger charge is 1.96. The van der Waals surface area contributed by atoms with Gasteiger partial charge in [0, 0.05) is 17.0 Å². The number of aromatic amines is 1. The predicted octanol–water partition coefficient (Wildman–Crippen LogP) is 4.11. The summed E-state index contributed by atoms with van der Waals surface area (Å²) in [6.07, 6.45) is 1.81. The van der Waals surface area contributed by atoms with E-state index in [1.807, 2.05) is 55.6 Å². The number of fused-ring (bicyclic) bond motifs is 2. The molecule has 0 unspecified atom stereocenters. The highest BCUT2D eigenvalue weighted by atomic mass is 15.1. The quantitative estimate of drug-likeness (QED) is 0.517. The van der Waals surface area contributed by atoms with Crippen LogP contribution in [0.15, 0.2) is 66.9 Å². The number of nitrogens with zero attached hydrogens (tertiary/aromatic N) is 2. The minimum Gasteiger partial charge on any atom is -0.278 e. The van der Waals surface area contributed by atoms with Crippen molar-refractivity contribution in [2.24, 2.45) is 0 Å². The molecule has 0 saturated heterocycles. The predicted molar refractivity (Wildman–Crippen MR) is 82.6 cm³/mol. The molecule has 2 aromatic carbocycles. The fraction of sp³-hybridized carbons (Fsp3) is 0.0588. The average molecular weight is 261 g/mol. The Morgan fingerprint density at radius 3 is 2.45 bits per heavy atom. The fourth-order valence-corrected chi connectivity index (χ4v) is 2.12. The van der Waals surface area contributed by atoms with E-state index in [1.165, 1.54) is 10.8 Å². The second-order valence-corrected chi connectivity index (χ2v) is 4.55. The summed E-state index contributed by atoms with van der Waals surface area (Å²) < 4.78 is 0. The van der Waals surface area contributed by atoms with Crippen LogP contribution in [0.5, 0.6) is 0 Å². The molecule has 0 aliphatic rings. The van der Waals surface area contributed by atoms with Crippen LogP contribution in [0.3, 0.4) is 0 Å². The molecular weight excluding hydrogens is 246 g/mol. The molecule has 0 radical (unpaired) electrons. The van der Waals surface area contributed by atoms with E-state index in [0.717, 1.165) is 16.7 Å². The smallest absolute Gasteiger partial charge is 0.0701 e. The molecule has 0 atom stereocenters. The first-order chi connectivity index (χ1) is 9.84. The van der Waals surface area contributed by atoms with Crippen molar-refractivity contribution in [2.75, 3.05) is 0 Å². The largest absolute Gasteiger partial charge is 0.278 e. The van der Waals surface area contributed by atoms with Gasteiger partial charge in [-0.3, -0.25) is 10.1 Å². The Morgan fingerprint density at radius 2 is 1.60 bits per heavy atom. The average Bonchev–Trinajstić information content (AvgIpc) is 2.90. The Bertz CT molecular complexity index is 768. The molecule has 0 saturated carbocycles. The van der Waals surface area contributed by atoms with Crippen molar-refractivity contribution in [3.63, 3.8) is 0 Å². The minimum absolute atomic E-state index is 1.06. The van der Waals surface area contributed by atoms with Gasteiger partial charge in [0.15, 0.2) is 0 Å². The molecule has 98 valence electrons. The van der Waals surface area contributed by atoms with E-state index in [1.54, 1.807) is 0 Å². The Labute approximate surface area is 117 Å². The summed E-state index contributed by atoms with van der Waals surface area (Å²) in [4.78, 5) is 4.18. The maximum atomic E-state index is 4.18. The van der Waals surface area contributed by atoms with Crippen molar-refractivity contribution in [3.05, 3.63) is 72.6 Å². The highest BCUT2D eigenvalue weighted by Crippen LogP contribution is 2.12. The Balaban J connectivity index is 0.000000121. The molecule has 2 aromatic heterocycles. The van der Waals surface area contributed by atoms with E-state index in [4.69, 9.17) is 0 Å². The molecule has 1 N–H and O–H groups in total. The third kappa shape index (κ3) is 2.52. The number of hydrogen-bond donors (Lipinski definition) is 1. The molecule has 20 heavy (non-hydrogen) atoms. The van der Waals surface area contributed by atoms with Crippen LogP contribution in [0.25, 0.3) is 21.8 Å². The van der Waals surface area contributed by atoms with Crippen molar-refractivity contribution in [1.82, 2.24) is 15.2 Å². The Morgan fingerprint density at radius 1 is 0.850 bits per heavy atom. The van der Waals surface area contributed by atoms with Gasteiger partial charge in [-0.15, -0.1) is 0 Å². The van der Waals surface area contributed by atoms with Gasteiger partial charge >= 0.3 is 0 Å². The molecule has 0 fully saturated rings. The Kier molecular flexibility index (Phi) is 3.42. The third-order valence-electron chi connectivity index (χ3n) is 3.17. The van der Waals surface area contributed by atoms with Gasteiger partial charge in [-0.25, -0.2) is 0 Å². The zero-order valence-corrected chi connectivity index (χ0v) is 11.2.